The summed E-state index contributed by atoms with van der Waals surface area (Å²) in [6.07, 6.45) is -3.84. The maximum Gasteiger partial charge on any atom is 0.416 e. The van der Waals surface area contributed by atoms with Crippen molar-refractivity contribution in [1.82, 2.24) is 10.2 Å². The number of hydrogen-bond donors (Lipinski definition) is 2. The van der Waals surface area contributed by atoms with E-state index in [9.17, 15) is 18.0 Å². The maximum atomic E-state index is 13.0. The molecule has 1 amide bonds. The van der Waals surface area contributed by atoms with Crippen LogP contribution in [-0.2, 0) is 17.3 Å². The average Bonchev–Trinajstić information content (AvgIpc) is 3.03. The van der Waals surface area contributed by atoms with Crippen LogP contribution in [0, 0.1) is 5.92 Å². The van der Waals surface area contributed by atoms with Crippen molar-refractivity contribution < 1.29 is 27.4 Å². The first-order chi connectivity index (χ1) is 12.7. The van der Waals surface area contributed by atoms with Gasteiger partial charge in [-0.3, -0.25) is 9.89 Å². The van der Waals surface area contributed by atoms with E-state index >= 15 is 0 Å². The van der Waals surface area contributed by atoms with Gasteiger partial charge >= 0.3 is 6.18 Å². The monoisotopic (exact) mass is 385 g/mol. The fourth-order valence-corrected chi connectivity index (χ4v) is 2.37. The van der Waals surface area contributed by atoms with E-state index in [1.54, 1.807) is 6.07 Å². The number of carbonyl (C=O) groups excluding carboxylic acids is 1. The normalized spacial score (nSPS) is 11.7. The van der Waals surface area contributed by atoms with Gasteiger partial charge in [-0.2, -0.15) is 18.3 Å². The molecule has 0 spiro atoms. The highest BCUT2D eigenvalue weighted by atomic mass is 19.4. The average molecular weight is 385 g/mol. The van der Waals surface area contributed by atoms with Gasteiger partial charge in [-0.25, -0.2) is 0 Å². The SMILES string of the molecule is COCCOc1ccc(C(F)(F)F)cc1NC(=O)c1cc(CC(C)C)[nH]n1. The smallest absolute Gasteiger partial charge is 0.416 e. The van der Waals surface area contributed by atoms with Crippen molar-refractivity contribution in [3.63, 3.8) is 0 Å². The van der Waals surface area contributed by atoms with Crippen LogP contribution in [0.2, 0.25) is 0 Å². The van der Waals surface area contributed by atoms with Gasteiger partial charge < -0.3 is 14.8 Å². The molecule has 2 N–H and O–H groups in total. The minimum Gasteiger partial charge on any atom is -0.489 e. The number of benzene rings is 1. The number of anilines is 1. The van der Waals surface area contributed by atoms with Gasteiger partial charge in [0.05, 0.1) is 17.9 Å². The number of H-pyrrole nitrogens is 1. The number of ether oxygens (including phenoxy) is 2. The summed E-state index contributed by atoms with van der Waals surface area (Å²) < 4.78 is 49.3. The van der Waals surface area contributed by atoms with Crippen molar-refractivity contribution in [3.8, 4) is 5.75 Å². The quantitative estimate of drug-likeness (QED) is 0.676. The summed E-state index contributed by atoms with van der Waals surface area (Å²) in [5.41, 5.74) is -0.111. The van der Waals surface area contributed by atoms with Crippen LogP contribution in [0.15, 0.2) is 24.3 Å². The zero-order valence-corrected chi connectivity index (χ0v) is 15.3. The largest absolute Gasteiger partial charge is 0.489 e. The molecule has 1 aromatic heterocycles. The Morgan fingerprint density at radius 3 is 2.63 bits per heavy atom. The molecule has 6 nitrogen and oxygen atoms in total. The molecule has 0 atom stereocenters. The first-order valence-corrected chi connectivity index (χ1v) is 8.39. The highest BCUT2D eigenvalue weighted by molar-refractivity contribution is 6.03. The van der Waals surface area contributed by atoms with Crippen molar-refractivity contribution in [2.45, 2.75) is 26.4 Å². The number of aromatic nitrogens is 2. The second kappa shape index (κ2) is 8.90. The van der Waals surface area contributed by atoms with Crippen molar-refractivity contribution in [2.75, 3.05) is 25.6 Å². The fraction of sp³-hybridized carbons (Fsp3) is 0.444. The number of nitrogens with zero attached hydrogens (tertiary/aromatic N) is 1. The minimum atomic E-state index is -4.54. The molecule has 27 heavy (non-hydrogen) atoms. The topological polar surface area (TPSA) is 76.2 Å². The van der Waals surface area contributed by atoms with E-state index in [0.717, 1.165) is 17.8 Å². The molecule has 1 heterocycles. The summed E-state index contributed by atoms with van der Waals surface area (Å²) in [6, 6.07) is 4.48. The number of amides is 1. The molecule has 0 fully saturated rings. The minimum absolute atomic E-state index is 0.0839. The first-order valence-electron chi connectivity index (χ1n) is 8.39. The number of carbonyl (C=O) groups is 1. The Morgan fingerprint density at radius 1 is 1.26 bits per heavy atom. The zero-order chi connectivity index (χ0) is 20.0. The van der Waals surface area contributed by atoms with Crippen LogP contribution in [0.4, 0.5) is 18.9 Å². The first kappa shape index (κ1) is 20.8. The molecule has 0 saturated carbocycles. The summed E-state index contributed by atoms with van der Waals surface area (Å²) in [7, 11) is 1.48. The molecule has 2 rings (SSSR count). The molecule has 0 unspecified atom stereocenters. The number of rotatable bonds is 8. The third-order valence-electron chi connectivity index (χ3n) is 3.59. The van der Waals surface area contributed by atoms with Gasteiger partial charge in [0, 0.05) is 12.8 Å². The van der Waals surface area contributed by atoms with E-state index in [4.69, 9.17) is 9.47 Å². The molecule has 0 bridgehead atoms. The third-order valence-corrected chi connectivity index (χ3v) is 3.59. The van der Waals surface area contributed by atoms with Gasteiger partial charge in [0.1, 0.15) is 12.4 Å². The number of alkyl halides is 3. The predicted molar refractivity (Wildman–Crippen MR) is 93.9 cm³/mol. The van der Waals surface area contributed by atoms with Crippen LogP contribution in [0.1, 0.15) is 35.6 Å². The lowest BCUT2D eigenvalue weighted by Crippen LogP contribution is -2.15. The van der Waals surface area contributed by atoms with E-state index in [0.29, 0.717) is 12.3 Å². The van der Waals surface area contributed by atoms with Gasteiger partial charge in [0.25, 0.3) is 5.91 Å². The van der Waals surface area contributed by atoms with E-state index in [2.05, 4.69) is 15.5 Å². The van der Waals surface area contributed by atoms with Crippen LogP contribution in [0.3, 0.4) is 0 Å². The van der Waals surface area contributed by atoms with Gasteiger partial charge in [0.2, 0.25) is 0 Å². The molecular weight excluding hydrogens is 363 g/mol. The molecule has 9 heteroatoms. The van der Waals surface area contributed by atoms with Gasteiger partial charge in [0.15, 0.2) is 5.69 Å². The fourth-order valence-electron chi connectivity index (χ4n) is 2.37. The third kappa shape index (κ3) is 5.99. The van der Waals surface area contributed by atoms with Crippen molar-refractivity contribution in [3.05, 3.63) is 41.2 Å². The lowest BCUT2D eigenvalue weighted by molar-refractivity contribution is -0.137. The molecule has 0 saturated heterocycles. The molecule has 148 valence electrons. The summed E-state index contributed by atoms with van der Waals surface area (Å²) in [6.45, 7) is 4.43. The highest BCUT2D eigenvalue weighted by Gasteiger charge is 2.31. The van der Waals surface area contributed by atoms with Crippen molar-refractivity contribution in [1.29, 1.82) is 0 Å². The molecular formula is C18H22F3N3O3. The summed E-state index contributed by atoms with van der Waals surface area (Å²) in [4.78, 5) is 12.4. The number of hydrogen-bond acceptors (Lipinski definition) is 4. The lowest BCUT2D eigenvalue weighted by Gasteiger charge is -2.15. The molecule has 0 aliphatic heterocycles. The Bertz CT molecular complexity index is 773. The van der Waals surface area contributed by atoms with E-state index in [1.165, 1.54) is 13.2 Å². The molecule has 0 radical (unpaired) electrons. The van der Waals surface area contributed by atoms with Gasteiger partial charge in [-0.1, -0.05) is 13.8 Å². The van der Waals surface area contributed by atoms with Crippen molar-refractivity contribution in [2.24, 2.45) is 5.92 Å². The number of halogens is 3. The highest BCUT2D eigenvalue weighted by Crippen LogP contribution is 2.35. The van der Waals surface area contributed by atoms with Gasteiger partial charge in [-0.05, 0) is 36.6 Å². The van der Waals surface area contributed by atoms with Crippen LogP contribution >= 0.6 is 0 Å². The van der Waals surface area contributed by atoms with Gasteiger partial charge in [-0.15, -0.1) is 0 Å². The maximum absolute atomic E-state index is 13.0. The second-order valence-electron chi connectivity index (χ2n) is 6.38. The molecule has 1 aromatic carbocycles. The summed E-state index contributed by atoms with van der Waals surface area (Å²) in [5.74, 6) is -0.144. The lowest BCUT2D eigenvalue weighted by atomic mass is 10.1. The Morgan fingerprint density at radius 2 is 2.00 bits per heavy atom. The number of nitrogens with one attached hydrogen (secondary N) is 2. The van der Waals surface area contributed by atoms with Crippen LogP contribution in [0.25, 0.3) is 0 Å². The van der Waals surface area contributed by atoms with E-state index < -0.39 is 17.6 Å². The molecule has 0 aliphatic carbocycles. The predicted octanol–water partition coefficient (Wildman–Crippen LogP) is 3.90. The molecule has 0 aliphatic rings. The number of methoxy groups -OCH3 is 1. The van der Waals surface area contributed by atoms with Crippen LogP contribution in [-0.4, -0.2) is 36.4 Å². The Hall–Kier alpha value is -2.55. The Balaban J connectivity index is 2.22. The Kier molecular flexibility index (Phi) is 6.84. The summed E-state index contributed by atoms with van der Waals surface area (Å²) >= 11 is 0. The second-order valence-corrected chi connectivity index (χ2v) is 6.38. The van der Waals surface area contributed by atoms with E-state index in [1.807, 2.05) is 13.8 Å². The molecule has 2 aromatic rings. The summed E-state index contributed by atoms with van der Waals surface area (Å²) in [5, 5.41) is 9.12. The van der Waals surface area contributed by atoms with Crippen molar-refractivity contribution >= 4 is 11.6 Å². The zero-order valence-electron chi connectivity index (χ0n) is 15.3. The van der Waals surface area contributed by atoms with Crippen LogP contribution < -0.4 is 10.1 Å². The van der Waals surface area contributed by atoms with Crippen LogP contribution in [0.5, 0.6) is 5.75 Å². The number of aromatic amines is 1. The van der Waals surface area contributed by atoms with E-state index in [-0.39, 0.29) is 30.3 Å². The Labute approximate surface area is 155 Å². The standard InChI is InChI=1S/C18H22F3N3O3/c1-11(2)8-13-10-15(24-23-13)17(25)22-14-9-12(18(19,20)21)4-5-16(14)27-7-6-26-3/h4-5,9-11H,6-8H2,1-3H3,(H,22,25)(H,23,24).